The summed E-state index contributed by atoms with van der Waals surface area (Å²) in [6, 6.07) is 0.191. The lowest BCUT2D eigenvalue weighted by Crippen LogP contribution is -2.47. The molecule has 0 radical (unpaired) electrons. The summed E-state index contributed by atoms with van der Waals surface area (Å²) in [4.78, 5) is 24.5. The van der Waals surface area contributed by atoms with Crippen molar-refractivity contribution in [2.75, 3.05) is 13.1 Å². The van der Waals surface area contributed by atoms with Crippen LogP contribution < -0.4 is 10.2 Å². The number of nitrogens with zero attached hydrogens (tertiary/aromatic N) is 1. The fourth-order valence-electron chi connectivity index (χ4n) is 3.74. The molecule has 5 nitrogen and oxygen atoms in total. The van der Waals surface area contributed by atoms with Gasteiger partial charge in [0, 0.05) is 23.4 Å². The molecule has 1 aliphatic rings. The number of hydrogen-bond donors (Lipinski definition) is 0. The van der Waals surface area contributed by atoms with Crippen LogP contribution in [-0.2, 0) is 9.59 Å². The lowest BCUT2D eigenvalue weighted by Gasteiger charge is -2.42. The molecule has 1 unspecified atom stereocenters. The van der Waals surface area contributed by atoms with E-state index < -0.39 is 17.4 Å². The summed E-state index contributed by atoms with van der Waals surface area (Å²) < 4.78 is 0. The third-order valence-electron chi connectivity index (χ3n) is 5.23. The van der Waals surface area contributed by atoms with Gasteiger partial charge >= 0.3 is 0 Å². The summed E-state index contributed by atoms with van der Waals surface area (Å²) >= 11 is 0. The molecule has 1 atom stereocenters. The van der Waals surface area contributed by atoms with E-state index in [0.29, 0.717) is 12.8 Å². The summed E-state index contributed by atoms with van der Waals surface area (Å²) in [7, 11) is 0. The van der Waals surface area contributed by atoms with Crippen LogP contribution in [0.1, 0.15) is 79.1 Å². The summed E-state index contributed by atoms with van der Waals surface area (Å²) in [6.45, 7) is 9.80. The number of rotatable bonds is 10. The van der Waals surface area contributed by atoms with Crippen molar-refractivity contribution in [3.05, 3.63) is 0 Å². The molecule has 0 amide bonds. The van der Waals surface area contributed by atoms with Crippen molar-refractivity contribution >= 4 is 11.9 Å². The molecule has 0 spiro atoms. The topological polar surface area (TPSA) is 83.5 Å². The van der Waals surface area contributed by atoms with E-state index in [0.717, 1.165) is 38.8 Å². The Morgan fingerprint density at radius 1 is 1.00 bits per heavy atom. The molecule has 0 N–H and O–H groups in total. The number of likely N-dealkylation sites (tertiary alicyclic amines) is 1. The first kappa shape index (κ1) is 20.9. The van der Waals surface area contributed by atoms with Gasteiger partial charge in [0.15, 0.2) is 0 Å². The van der Waals surface area contributed by atoms with Crippen LogP contribution in [0.3, 0.4) is 0 Å². The Morgan fingerprint density at radius 2 is 1.58 bits per heavy atom. The Bertz CT molecular complexity index is 425. The molecule has 140 valence electrons. The van der Waals surface area contributed by atoms with Gasteiger partial charge in [-0.3, -0.25) is 0 Å². The van der Waals surface area contributed by atoms with Gasteiger partial charge in [0.05, 0.1) is 0 Å². The van der Waals surface area contributed by atoms with Gasteiger partial charge in [-0.25, -0.2) is 0 Å². The van der Waals surface area contributed by atoms with Crippen molar-refractivity contribution in [1.29, 1.82) is 0 Å². The molecular formula is C19H33NO4-2. The molecule has 0 aromatic heterocycles. The van der Waals surface area contributed by atoms with Crippen molar-refractivity contribution < 1.29 is 19.8 Å². The molecule has 0 aromatic carbocycles. The maximum absolute atomic E-state index is 11.5. The Morgan fingerprint density at radius 3 is 2.08 bits per heavy atom. The van der Waals surface area contributed by atoms with E-state index in [1.54, 1.807) is 13.8 Å². The molecule has 1 rings (SSSR count). The van der Waals surface area contributed by atoms with Gasteiger partial charge in [-0.1, -0.05) is 34.1 Å². The maximum atomic E-state index is 11.5. The fraction of sp³-hybridized carbons (Fsp3) is 0.895. The van der Waals surface area contributed by atoms with E-state index in [2.05, 4.69) is 18.7 Å². The molecule has 0 bridgehead atoms. The Hall–Kier alpha value is -1.10. The normalized spacial score (nSPS) is 18.3. The maximum Gasteiger partial charge on any atom is 0.0471 e. The lowest BCUT2D eigenvalue weighted by molar-refractivity contribution is -0.318. The fourth-order valence-corrected chi connectivity index (χ4v) is 3.74. The van der Waals surface area contributed by atoms with Crippen molar-refractivity contribution in [1.82, 2.24) is 4.90 Å². The first-order valence-corrected chi connectivity index (χ1v) is 9.19. The highest BCUT2D eigenvalue weighted by molar-refractivity contribution is 5.71. The Kier molecular flexibility index (Phi) is 7.71. The predicted molar refractivity (Wildman–Crippen MR) is 89.9 cm³/mol. The summed E-state index contributed by atoms with van der Waals surface area (Å²) in [5.74, 6) is -2.00. The second-order valence-electron chi connectivity index (χ2n) is 8.72. The van der Waals surface area contributed by atoms with E-state index in [-0.39, 0.29) is 17.9 Å². The van der Waals surface area contributed by atoms with Gasteiger partial charge in [0.1, 0.15) is 0 Å². The van der Waals surface area contributed by atoms with Gasteiger partial charge in [-0.05, 0) is 63.5 Å². The number of hydrogen-bond acceptors (Lipinski definition) is 5. The third-order valence-corrected chi connectivity index (χ3v) is 5.23. The van der Waals surface area contributed by atoms with Gasteiger partial charge in [0.25, 0.3) is 0 Å². The summed E-state index contributed by atoms with van der Waals surface area (Å²) in [6.07, 6.45) is 6.49. The first-order chi connectivity index (χ1) is 11.0. The standard InChI is InChI=1S/C19H35NO4/c1-18(2,10-8-9-16(21)22)13-15(14-19(3,4)17(23)24)20-11-6-5-7-12-20/h15H,5-14H2,1-4H3,(H,21,22)(H,23,24)/p-2. The highest BCUT2D eigenvalue weighted by atomic mass is 16.4. The van der Waals surface area contributed by atoms with Gasteiger partial charge < -0.3 is 24.7 Å². The predicted octanol–water partition coefficient (Wildman–Crippen LogP) is 1.34. The first-order valence-electron chi connectivity index (χ1n) is 9.19. The van der Waals surface area contributed by atoms with Crippen LogP contribution in [0.4, 0.5) is 0 Å². The average molecular weight is 339 g/mol. The van der Waals surface area contributed by atoms with Crippen LogP contribution in [0.5, 0.6) is 0 Å². The number of carboxylic acid groups (broad SMARTS) is 2. The molecule has 1 aliphatic heterocycles. The molecule has 0 aliphatic carbocycles. The van der Waals surface area contributed by atoms with E-state index in [1.165, 1.54) is 6.42 Å². The Balaban J connectivity index is 2.76. The quantitative estimate of drug-likeness (QED) is 0.600. The van der Waals surface area contributed by atoms with Crippen molar-refractivity contribution in [2.24, 2.45) is 10.8 Å². The minimum atomic E-state index is -1.00. The minimum absolute atomic E-state index is 0.0282. The van der Waals surface area contributed by atoms with Crippen LogP contribution in [0, 0.1) is 10.8 Å². The molecule has 5 heteroatoms. The molecule has 24 heavy (non-hydrogen) atoms. The van der Waals surface area contributed by atoms with Crippen LogP contribution in [0.15, 0.2) is 0 Å². The van der Waals surface area contributed by atoms with Crippen LogP contribution in [0.25, 0.3) is 0 Å². The third kappa shape index (κ3) is 7.20. The molecular weight excluding hydrogens is 306 g/mol. The van der Waals surface area contributed by atoms with E-state index in [1.807, 2.05) is 0 Å². The number of carboxylic acids is 2. The van der Waals surface area contributed by atoms with Crippen molar-refractivity contribution in [3.8, 4) is 0 Å². The monoisotopic (exact) mass is 339 g/mol. The lowest BCUT2D eigenvalue weighted by atomic mass is 9.75. The number of carbonyl (C=O) groups is 2. The zero-order chi connectivity index (χ0) is 18.4. The van der Waals surface area contributed by atoms with E-state index >= 15 is 0 Å². The van der Waals surface area contributed by atoms with Crippen molar-refractivity contribution in [3.63, 3.8) is 0 Å². The summed E-state index contributed by atoms with van der Waals surface area (Å²) in [5, 5.41) is 22.1. The van der Waals surface area contributed by atoms with Crippen LogP contribution >= 0.6 is 0 Å². The molecule has 1 saturated heterocycles. The zero-order valence-electron chi connectivity index (χ0n) is 15.7. The highest BCUT2D eigenvalue weighted by Gasteiger charge is 2.33. The van der Waals surface area contributed by atoms with Crippen molar-refractivity contribution in [2.45, 2.75) is 85.1 Å². The van der Waals surface area contributed by atoms with E-state index in [9.17, 15) is 19.8 Å². The highest BCUT2D eigenvalue weighted by Crippen LogP contribution is 2.36. The van der Waals surface area contributed by atoms with Crippen LogP contribution in [-0.4, -0.2) is 36.0 Å². The Labute approximate surface area is 146 Å². The largest absolute Gasteiger partial charge is 0.550 e. The molecule has 0 saturated carbocycles. The van der Waals surface area contributed by atoms with Gasteiger partial charge in [-0.15, -0.1) is 0 Å². The SMILES string of the molecule is CC(C)(CCCC(=O)[O-])CC(CC(C)(C)C(=O)[O-])N1CCCCC1. The smallest absolute Gasteiger partial charge is 0.0471 e. The van der Waals surface area contributed by atoms with E-state index in [4.69, 9.17) is 0 Å². The van der Waals surface area contributed by atoms with Gasteiger partial charge in [-0.2, -0.15) is 0 Å². The molecule has 0 aromatic rings. The number of piperidine rings is 1. The second kappa shape index (κ2) is 8.84. The second-order valence-corrected chi connectivity index (χ2v) is 8.72. The average Bonchev–Trinajstić information content (AvgIpc) is 2.46. The molecule has 1 fully saturated rings. The van der Waals surface area contributed by atoms with Gasteiger partial charge in [0.2, 0.25) is 0 Å². The zero-order valence-corrected chi connectivity index (χ0v) is 15.7. The summed E-state index contributed by atoms with van der Waals surface area (Å²) in [5.41, 5.74) is -0.886. The van der Waals surface area contributed by atoms with Crippen LogP contribution in [0.2, 0.25) is 0 Å². The molecule has 1 heterocycles. The number of carbonyl (C=O) groups excluding carboxylic acids is 2. The number of aliphatic carboxylic acids is 2. The minimum Gasteiger partial charge on any atom is -0.550 e.